The topological polar surface area (TPSA) is 114 Å². The first-order chi connectivity index (χ1) is 21.1. The van der Waals surface area contributed by atoms with Gasteiger partial charge in [0.1, 0.15) is 20.2 Å². The summed E-state index contributed by atoms with van der Waals surface area (Å²) in [5, 5.41) is 2.68. The van der Waals surface area contributed by atoms with Crippen molar-refractivity contribution in [1.29, 1.82) is 0 Å². The molecule has 0 amide bonds. The number of rotatable bonds is 16. The second-order valence-electron chi connectivity index (χ2n) is 11.5. The molecule has 4 aromatic carbocycles. The van der Waals surface area contributed by atoms with Crippen LogP contribution in [0.4, 0.5) is 0 Å². The van der Waals surface area contributed by atoms with Gasteiger partial charge in [0.15, 0.2) is 0 Å². The fourth-order valence-corrected chi connectivity index (χ4v) is 7.64. The Labute approximate surface area is 300 Å². The Kier molecular flexibility index (Phi) is 17.6. The van der Waals surface area contributed by atoms with Crippen molar-refractivity contribution in [3.8, 4) is 0 Å². The maximum absolute atomic E-state index is 11.7. The van der Waals surface area contributed by atoms with E-state index < -0.39 is 20.2 Å². The summed E-state index contributed by atoms with van der Waals surface area (Å²) in [5.74, 6) is 0. The fourth-order valence-electron chi connectivity index (χ4n) is 5.75. The van der Waals surface area contributed by atoms with Crippen LogP contribution in [0, 0.1) is 0 Å². The zero-order valence-corrected chi connectivity index (χ0v) is 30.6. The van der Waals surface area contributed by atoms with E-state index in [-0.39, 0.29) is 47.5 Å². The Hall–Kier alpha value is -1.52. The van der Waals surface area contributed by atoms with Crippen molar-refractivity contribution < 1.29 is 25.9 Å². The predicted octanol–water partition coefficient (Wildman–Crippen LogP) is 8.91. The van der Waals surface area contributed by atoms with Crippen molar-refractivity contribution in [2.45, 2.75) is 114 Å². The molecule has 0 spiro atoms. The van der Waals surface area contributed by atoms with Gasteiger partial charge in [0.2, 0.25) is 0 Å². The third-order valence-electron chi connectivity index (χ3n) is 8.02. The molecule has 0 aromatic heterocycles. The van der Waals surface area contributed by atoms with Gasteiger partial charge in [-0.05, 0) is 58.4 Å². The summed E-state index contributed by atoms with van der Waals surface area (Å²) in [5.41, 5.74) is 1.31. The Bertz CT molecular complexity index is 1570. The molecule has 0 saturated heterocycles. The monoisotopic (exact) mass is 678 g/mol. The Morgan fingerprint density at radius 3 is 1.16 bits per heavy atom. The van der Waals surface area contributed by atoms with Crippen LogP contribution in [-0.2, 0) is 33.1 Å². The number of fused-ring (bicyclic) bond motifs is 2. The van der Waals surface area contributed by atoms with E-state index in [9.17, 15) is 25.9 Å². The minimum Gasteiger partial charge on any atom is -0.744 e. The third-order valence-corrected chi connectivity index (χ3v) is 9.99. The van der Waals surface area contributed by atoms with Gasteiger partial charge in [0.25, 0.3) is 0 Å². The van der Waals surface area contributed by atoms with Crippen LogP contribution in [0.2, 0.25) is 0 Å². The third kappa shape index (κ3) is 12.5. The predicted molar refractivity (Wildman–Crippen MR) is 184 cm³/mol. The Morgan fingerprint density at radius 1 is 0.467 bits per heavy atom. The van der Waals surface area contributed by atoms with E-state index in [0.717, 1.165) is 36.5 Å². The van der Waals surface area contributed by atoms with Crippen molar-refractivity contribution >= 4 is 79.5 Å². The minimum atomic E-state index is -4.46. The summed E-state index contributed by atoms with van der Waals surface area (Å²) in [6.07, 6.45) is 15.0. The number of hydrogen-bond acceptors (Lipinski definition) is 6. The van der Waals surface area contributed by atoms with Crippen LogP contribution in [0.1, 0.15) is 102 Å². The van der Waals surface area contributed by atoms with E-state index >= 15 is 0 Å². The van der Waals surface area contributed by atoms with Crippen LogP contribution in [0.15, 0.2) is 82.6 Å². The molecule has 45 heavy (non-hydrogen) atoms. The fraction of sp³-hybridized carbons (Fsp3) is 0.444. The molecule has 0 N–H and O–H groups in total. The van der Waals surface area contributed by atoms with Gasteiger partial charge >= 0.3 is 37.7 Å². The molecule has 4 aromatic rings. The van der Waals surface area contributed by atoms with Crippen molar-refractivity contribution in [2.24, 2.45) is 0 Å². The van der Waals surface area contributed by atoms with Crippen LogP contribution < -0.4 is 0 Å². The molecule has 0 atom stereocenters. The van der Waals surface area contributed by atoms with Gasteiger partial charge < -0.3 is 9.11 Å². The molecule has 0 aliphatic carbocycles. The first kappa shape index (κ1) is 39.7. The Balaban J connectivity index is 0.000000307. The van der Waals surface area contributed by atoms with Crippen LogP contribution in [0.25, 0.3) is 21.5 Å². The summed E-state index contributed by atoms with van der Waals surface area (Å²) in [4.78, 5) is -0.0571. The molecule has 9 heteroatoms. The molecular weight excluding hydrogens is 633 g/mol. The molecule has 0 radical (unpaired) electrons. The minimum absolute atomic E-state index is 0. The van der Waals surface area contributed by atoms with E-state index in [1.54, 1.807) is 36.4 Å². The quantitative estimate of drug-likeness (QED) is 0.0664. The van der Waals surface area contributed by atoms with Crippen LogP contribution >= 0.6 is 0 Å². The molecule has 0 aliphatic rings. The summed E-state index contributed by atoms with van der Waals surface area (Å²) >= 11 is 0. The molecule has 0 bridgehead atoms. The van der Waals surface area contributed by atoms with Gasteiger partial charge in [-0.2, -0.15) is 0 Å². The largest absolute Gasteiger partial charge is 2.00 e. The average Bonchev–Trinajstić information content (AvgIpc) is 2.99. The standard InChI is InChI=1S/2C18H24O3S.Ca/c2*1-2-3-4-5-6-7-11-16-14-13-15-10-8-9-12-17(15)18(16)22(19,20)21;/h2*8-10,12-14H,2-7,11H2,1H3,(H,19,20,21);/q;;+2/p-2. The maximum Gasteiger partial charge on any atom is 2.00 e. The summed E-state index contributed by atoms with van der Waals surface area (Å²) in [6, 6.07) is 21.7. The van der Waals surface area contributed by atoms with Gasteiger partial charge in [0, 0.05) is 0 Å². The van der Waals surface area contributed by atoms with E-state index in [1.165, 1.54) is 51.4 Å². The molecule has 6 nitrogen and oxygen atoms in total. The number of unbranched alkanes of at least 4 members (excludes halogenated alkanes) is 10. The second-order valence-corrected chi connectivity index (χ2v) is 14.1. The van der Waals surface area contributed by atoms with Crippen LogP contribution in [-0.4, -0.2) is 63.7 Å². The molecule has 0 aliphatic heterocycles. The second kappa shape index (κ2) is 20.0. The number of aryl methyl sites for hydroxylation is 2. The molecular formula is C36H46CaO6S2. The molecule has 4 rings (SSSR count). The first-order valence-electron chi connectivity index (χ1n) is 16.0. The van der Waals surface area contributed by atoms with E-state index in [2.05, 4.69) is 13.8 Å². The van der Waals surface area contributed by atoms with Gasteiger partial charge in [0.05, 0.1) is 9.79 Å². The van der Waals surface area contributed by atoms with Gasteiger partial charge in [-0.15, -0.1) is 0 Å². The first-order valence-corrected chi connectivity index (χ1v) is 18.8. The van der Waals surface area contributed by atoms with Gasteiger partial charge in [-0.1, -0.05) is 151 Å². The van der Waals surface area contributed by atoms with E-state index in [4.69, 9.17) is 0 Å². The van der Waals surface area contributed by atoms with Crippen molar-refractivity contribution in [3.05, 3.63) is 83.9 Å². The van der Waals surface area contributed by atoms with E-state index in [0.29, 0.717) is 34.7 Å². The summed E-state index contributed by atoms with van der Waals surface area (Å²) in [6.45, 7) is 4.36. The van der Waals surface area contributed by atoms with Crippen molar-refractivity contribution in [3.63, 3.8) is 0 Å². The van der Waals surface area contributed by atoms with Crippen molar-refractivity contribution in [1.82, 2.24) is 0 Å². The SMILES string of the molecule is CCCCCCCCc1ccc2ccccc2c1S(=O)(=O)[O-].CCCCCCCCc1ccc2ccccc2c1S(=O)(=O)[O-].[Ca+2]. The van der Waals surface area contributed by atoms with Gasteiger partial charge in [-0.3, -0.25) is 0 Å². The molecule has 0 heterocycles. The summed E-state index contributed by atoms with van der Waals surface area (Å²) < 4.78 is 70.1. The van der Waals surface area contributed by atoms with Crippen LogP contribution in [0.3, 0.4) is 0 Å². The van der Waals surface area contributed by atoms with Crippen LogP contribution in [0.5, 0.6) is 0 Å². The van der Waals surface area contributed by atoms with Gasteiger partial charge in [-0.25, -0.2) is 16.8 Å². The summed E-state index contributed by atoms with van der Waals surface area (Å²) in [7, 11) is -8.92. The number of hydrogen-bond donors (Lipinski definition) is 0. The Morgan fingerprint density at radius 2 is 0.800 bits per heavy atom. The molecule has 0 saturated carbocycles. The average molecular weight is 679 g/mol. The van der Waals surface area contributed by atoms with Crippen molar-refractivity contribution in [2.75, 3.05) is 0 Å². The molecule has 240 valence electrons. The van der Waals surface area contributed by atoms with E-state index in [1.807, 2.05) is 36.4 Å². The normalized spacial score (nSPS) is 11.6. The smallest absolute Gasteiger partial charge is 0.744 e. The maximum atomic E-state index is 11.7. The zero-order chi connectivity index (χ0) is 32.0. The molecule has 0 unspecified atom stereocenters. The number of benzene rings is 4. The molecule has 0 fully saturated rings. The zero-order valence-electron chi connectivity index (χ0n) is 26.8.